The molecule has 0 amide bonds. The topological polar surface area (TPSA) is 40.0 Å². The number of benzene rings is 2. The Kier molecular flexibility index (Phi) is 3.54. The van der Waals surface area contributed by atoms with E-state index in [4.69, 9.17) is 14.2 Å². The third-order valence-corrected chi connectivity index (χ3v) is 2.91. The minimum Gasteiger partial charge on any atom is -0.493 e. The average Bonchev–Trinajstić information content (AvgIpc) is 2.93. The van der Waals surface area contributed by atoms with Crippen molar-refractivity contribution >= 4 is 11.9 Å². The van der Waals surface area contributed by atoms with Crippen LogP contribution in [0.1, 0.15) is 12.5 Å². The molecule has 20 heavy (non-hydrogen) atoms. The Morgan fingerprint density at radius 2 is 1.90 bits per heavy atom. The van der Waals surface area contributed by atoms with Crippen molar-refractivity contribution in [2.75, 3.05) is 13.4 Å². The summed E-state index contributed by atoms with van der Waals surface area (Å²) in [5.41, 5.74) is 1.77. The van der Waals surface area contributed by atoms with Crippen LogP contribution in [0.2, 0.25) is 0 Å². The van der Waals surface area contributed by atoms with Crippen LogP contribution < -0.4 is 14.2 Å². The van der Waals surface area contributed by atoms with E-state index in [1.165, 1.54) is 0 Å². The Balaban J connectivity index is 1.93. The zero-order chi connectivity index (χ0) is 13.8. The monoisotopic (exact) mass is 269 g/mol. The number of hydrogen-bond acceptors (Lipinski definition) is 4. The summed E-state index contributed by atoms with van der Waals surface area (Å²) in [6, 6.07) is 13.5. The molecule has 3 rings (SSSR count). The van der Waals surface area contributed by atoms with Crippen LogP contribution in [0.15, 0.2) is 47.5 Å². The van der Waals surface area contributed by atoms with Gasteiger partial charge in [0, 0.05) is 17.8 Å². The lowest BCUT2D eigenvalue weighted by molar-refractivity contribution is 0.174. The fourth-order valence-electron chi connectivity index (χ4n) is 1.98. The third-order valence-electron chi connectivity index (χ3n) is 2.91. The van der Waals surface area contributed by atoms with Crippen LogP contribution in [-0.2, 0) is 0 Å². The summed E-state index contributed by atoms with van der Waals surface area (Å²) in [5.74, 6) is 2.18. The lowest BCUT2D eigenvalue weighted by atomic mass is 10.2. The smallest absolute Gasteiger partial charge is 0.231 e. The van der Waals surface area contributed by atoms with Gasteiger partial charge in [0.25, 0.3) is 0 Å². The average molecular weight is 269 g/mol. The first-order chi connectivity index (χ1) is 9.86. The molecule has 1 aliphatic rings. The number of ether oxygens (including phenoxy) is 3. The molecule has 0 aliphatic carbocycles. The van der Waals surface area contributed by atoms with Gasteiger partial charge in [0.1, 0.15) is 5.75 Å². The normalized spacial score (nSPS) is 12.8. The Labute approximate surface area is 117 Å². The summed E-state index contributed by atoms with van der Waals surface area (Å²) in [6.07, 6.45) is 1.78. The molecule has 0 saturated carbocycles. The molecule has 0 fully saturated rings. The molecule has 2 aromatic carbocycles. The van der Waals surface area contributed by atoms with E-state index in [9.17, 15) is 0 Å². The predicted octanol–water partition coefficient (Wildman–Crippen LogP) is 3.56. The SMILES string of the molecule is CCOc1cc2c(cc1C=Nc1ccccc1)OCO2. The van der Waals surface area contributed by atoms with Crippen molar-refractivity contribution in [3.05, 3.63) is 48.0 Å². The Morgan fingerprint density at radius 3 is 2.65 bits per heavy atom. The lowest BCUT2D eigenvalue weighted by Crippen LogP contribution is -1.96. The van der Waals surface area contributed by atoms with Gasteiger partial charge < -0.3 is 14.2 Å². The molecule has 4 nitrogen and oxygen atoms in total. The van der Waals surface area contributed by atoms with Gasteiger partial charge in [0.2, 0.25) is 6.79 Å². The molecule has 102 valence electrons. The summed E-state index contributed by atoms with van der Waals surface area (Å²) >= 11 is 0. The van der Waals surface area contributed by atoms with Gasteiger partial charge in [0.05, 0.1) is 12.3 Å². The van der Waals surface area contributed by atoms with E-state index in [0.717, 1.165) is 22.7 Å². The largest absolute Gasteiger partial charge is 0.493 e. The van der Waals surface area contributed by atoms with Crippen molar-refractivity contribution in [3.8, 4) is 17.2 Å². The molecule has 0 aromatic heterocycles. The highest BCUT2D eigenvalue weighted by atomic mass is 16.7. The van der Waals surface area contributed by atoms with Gasteiger partial charge in [-0.05, 0) is 25.1 Å². The maximum absolute atomic E-state index is 5.62. The number of rotatable bonds is 4. The molecular weight excluding hydrogens is 254 g/mol. The molecule has 4 heteroatoms. The highest BCUT2D eigenvalue weighted by Crippen LogP contribution is 2.37. The van der Waals surface area contributed by atoms with Crippen LogP contribution in [0.5, 0.6) is 17.2 Å². The van der Waals surface area contributed by atoms with Gasteiger partial charge >= 0.3 is 0 Å². The van der Waals surface area contributed by atoms with Gasteiger partial charge in [-0.25, -0.2) is 0 Å². The second kappa shape index (κ2) is 5.65. The number of fused-ring (bicyclic) bond motifs is 1. The number of aliphatic imine (C=N–C) groups is 1. The quantitative estimate of drug-likeness (QED) is 0.797. The van der Waals surface area contributed by atoms with Crippen molar-refractivity contribution in [1.82, 2.24) is 0 Å². The number of hydrogen-bond donors (Lipinski definition) is 0. The minimum atomic E-state index is 0.250. The van der Waals surface area contributed by atoms with Gasteiger partial charge in [-0.1, -0.05) is 18.2 Å². The minimum absolute atomic E-state index is 0.250. The van der Waals surface area contributed by atoms with E-state index in [2.05, 4.69) is 4.99 Å². The highest BCUT2D eigenvalue weighted by Gasteiger charge is 2.17. The third kappa shape index (κ3) is 2.59. The molecule has 0 atom stereocenters. The molecule has 0 spiro atoms. The summed E-state index contributed by atoms with van der Waals surface area (Å²) in [6.45, 7) is 2.79. The highest BCUT2D eigenvalue weighted by molar-refractivity contribution is 5.87. The zero-order valence-corrected chi connectivity index (χ0v) is 11.2. The van der Waals surface area contributed by atoms with E-state index < -0.39 is 0 Å². The molecule has 2 aromatic rings. The standard InChI is InChI=1S/C16H15NO3/c1-2-18-14-9-16-15(19-11-20-16)8-12(14)10-17-13-6-4-3-5-7-13/h3-10H,2,11H2,1H3. The van der Waals surface area contributed by atoms with E-state index in [0.29, 0.717) is 12.4 Å². The van der Waals surface area contributed by atoms with Crippen LogP contribution in [0.4, 0.5) is 5.69 Å². The second-order valence-electron chi connectivity index (χ2n) is 4.27. The van der Waals surface area contributed by atoms with Crippen molar-refractivity contribution in [2.24, 2.45) is 4.99 Å². The fourth-order valence-corrected chi connectivity index (χ4v) is 1.98. The van der Waals surface area contributed by atoms with Gasteiger partial charge in [-0.3, -0.25) is 4.99 Å². The predicted molar refractivity (Wildman–Crippen MR) is 77.4 cm³/mol. The van der Waals surface area contributed by atoms with Gasteiger partial charge in [-0.2, -0.15) is 0 Å². The Hall–Kier alpha value is -2.49. The van der Waals surface area contributed by atoms with E-state index in [-0.39, 0.29) is 6.79 Å². The first-order valence-electron chi connectivity index (χ1n) is 6.52. The van der Waals surface area contributed by atoms with Gasteiger partial charge in [0.15, 0.2) is 11.5 Å². The lowest BCUT2D eigenvalue weighted by Gasteiger charge is -2.08. The van der Waals surface area contributed by atoms with E-state index in [1.807, 2.05) is 49.4 Å². The van der Waals surface area contributed by atoms with Crippen LogP contribution in [0.25, 0.3) is 0 Å². The first-order valence-corrected chi connectivity index (χ1v) is 6.52. The number of para-hydroxylation sites is 1. The number of nitrogens with zero attached hydrogens (tertiary/aromatic N) is 1. The maximum atomic E-state index is 5.62. The van der Waals surface area contributed by atoms with Crippen LogP contribution in [-0.4, -0.2) is 19.6 Å². The molecular formula is C16H15NO3. The molecule has 0 N–H and O–H groups in total. The summed E-state index contributed by atoms with van der Waals surface area (Å²) < 4.78 is 16.4. The molecule has 0 unspecified atom stereocenters. The Morgan fingerprint density at radius 1 is 1.15 bits per heavy atom. The summed E-state index contributed by atoms with van der Waals surface area (Å²) in [5, 5.41) is 0. The van der Waals surface area contributed by atoms with Crippen LogP contribution in [0, 0.1) is 0 Å². The molecule has 0 saturated heterocycles. The zero-order valence-electron chi connectivity index (χ0n) is 11.2. The molecule has 1 aliphatic heterocycles. The van der Waals surface area contributed by atoms with Crippen molar-refractivity contribution < 1.29 is 14.2 Å². The van der Waals surface area contributed by atoms with Crippen molar-refractivity contribution in [3.63, 3.8) is 0 Å². The van der Waals surface area contributed by atoms with Crippen LogP contribution >= 0.6 is 0 Å². The van der Waals surface area contributed by atoms with Crippen molar-refractivity contribution in [1.29, 1.82) is 0 Å². The van der Waals surface area contributed by atoms with Crippen molar-refractivity contribution in [2.45, 2.75) is 6.92 Å². The second-order valence-corrected chi connectivity index (χ2v) is 4.27. The Bertz CT molecular complexity index is 623. The molecule has 0 radical (unpaired) electrons. The maximum Gasteiger partial charge on any atom is 0.231 e. The summed E-state index contributed by atoms with van der Waals surface area (Å²) in [4.78, 5) is 4.44. The van der Waals surface area contributed by atoms with E-state index in [1.54, 1.807) is 6.21 Å². The summed E-state index contributed by atoms with van der Waals surface area (Å²) in [7, 11) is 0. The van der Waals surface area contributed by atoms with Crippen LogP contribution in [0.3, 0.4) is 0 Å². The fraction of sp³-hybridized carbons (Fsp3) is 0.188. The van der Waals surface area contributed by atoms with E-state index >= 15 is 0 Å². The van der Waals surface area contributed by atoms with Gasteiger partial charge in [-0.15, -0.1) is 0 Å². The first kappa shape index (κ1) is 12.5. The molecule has 1 heterocycles. The molecule has 0 bridgehead atoms.